The van der Waals surface area contributed by atoms with Crippen molar-refractivity contribution in [2.24, 2.45) is 0 Å². The number of ether oxygens (including phenoxy) is 2. The molecular weight excluding hydrogens is 176 g/mol. The molecule has 0 radical (unpaired) electrons. The second kappa shape index (κ2) is 3.28. The predicted molar refractivity (Wildman–Crippen MR) is 55.8 cm³/mol. The Kier molecular flexibility index (Phi) is 2.23. The lowest BCUT2D eigenvalue weighted by molar-refractivity contribution is 0.367. The molecule has 2 rings (SSSR count). The Labute approximate surface area is 84.8 Å². The Morgan fingerprint density at radius 1 is 1.29 bits per heavy atom. The molecule has 2 unspecified atom stereocenters. The largest absolute Gasteiger partial charge is 0.496 e. The Hall–Kier alpha value is -1.02. The lowest BCUT2D eigenvalue weighted by Gasteiger charge is -2.10. The van der Waals surface area contributed by atoms with E-state index in [0.29, 0.717) is 6.10 Å². The standard InChI is InChI=1S/C12H16O2/c1-7-5-8(2)11(13-4)10(6-7)12-9(3)14-12/h5-6,9,12H,1-4H3. The summed E-state index contributed by atoms with van der Waals surface area (Å²) < 4.78 is 10.9. The molecule has 0 bridgehead atoms. The number of aryl methyl sites for hydroxylation is 2. The molecule has 2 atom stereocenters. The fourth-order valence-corrected chi connectivity index (χ4v) is 1.99. The van der Waals surface area contributed by atoms with E-state index < -0.39 is 0 Å². The van der Waals surface area contributed by atoms with Crippen LogP contribution in [0.5, 0.6) is 5.75 Å². The molecule has 0 aromatic heterocycles. The number of methoxy groups -OCH3 is 1. The van der Waals surface area contributed by atoms with Crippen molar-refractivity contribution in [1.29, 1.82) is 0 Å². The Morgan fingerprint density at radius 2 is 1.93 bits per heavy atom. The van der Waals surface area contributed by atoms with E-state index >= 15 is 0 Å². The summed E-state index contributed by atoms with van der Waals surface area (Å²) in [5, 5.41) is 0. The van der Waals surface area contributed by atoms with Gasteiger partial charge < -0.3 is 9.47 Å². The van der Waals surface area contributed by atoms with E-state index in [9.17, 15) is 0 Å². The van der Waals surface area contributed by atoms with Gasteiger partial charge in [-0.2, -0.15) is 0 Å². The van der Waals surface area contributed by atoms with E-state index in [1.807, 2.05) is 0 Å². The fourth-order valence-electron chi connectivity index (χ4n) is 1.99. The molecule has 0 N–H and O–H groups in total. The van der Waals surface area contributed by atoms with Gasteiger partial charge in [-0.25, -0.2) is 0 Å². The van der Waals surface area contributed by atoms with Crippen molar-refractivity contribution in [1.82, 2.24) is 0 Å². The SMILES string of the molecule is COc1c(C)cc(C)cc1C1OC1C. The highest BCUT2D eigenvalue weighted by Crippen LogP contribution is 2.43. The maximum atomic E-state index is 5.48. The quantitative estimate of drug-likeness (QED) is 0.672. The van der Waals surface area contributed by atoms with Crippen LogP contribution in [0, 0.1) is 13.8 Å². The molecule has 1 fully saturated rings. The Balaban J connectivity index is 2.45. The van der Waals surface area contributed by atoms with E-state index in [4.69, 9.17) is 9.47 Å². The zero-order valence-corrected chi connectivity index (χ0v) is 9.13. The Morgan fingerprint density at radius 3 is 2.43 bits per heavy atom. The maximum absolute atomic E-state index is 5.48. The summed E-state index contributed by atoms with van der Waals surface area (Å²) in [5.41, 5.74) is 3.64. The van der Waals surface area contributed by atoms with E-state index in [-0.39, 0.29) is 6.10 Å². The minimum atomic E-state index is 0.239. The molecule has 1 aromatic carbocycles. The lowest BCUT2D eigenvalue weighted by atomic mass is 10.0. The first kappa shape index (κ1) is 9.53. The van der Waals surface area contributed by atoms with Crippen molar-refractivity contribution in [3.05, 3.63) is 28.8 Å². The summed E-state index contributed by atoms with van der Waals surface area (Å²) in [6.45, 7) is 6.26. The third kappa shape index (κ3) is 1.50. The summed E-state index contributed by atoms with van der Waals surface area (Å²) >= 11 is 0. The highest BCUT2D eigenvalue weighted by atomic mass is 16.6. The van der Waals surface area contributed by atoms with Crippen LogP contribution in [0.2, 0.25) is 0 Å². The zero-order chi connectivity index (χ0) is 10.3. The lowest BCUT2D eigenvalue weighted by Crippen LogP contribution is -1.96. The average molecular weight is 192 g/mol. The number of epoxide rings is 1. The highest BCUT2D eigenvalue weighted by Gasteiger charge is 2.38. The van der Waals surface area contributed by atoms with E-state index in [0.717, 1.165) is 5.75 Å². The molecule has 1 aromatic rings. The molecule has 1 aliphatic rings. The first-order valence-corrected chi connectivity index (χ1v) is 4.94. The average Bonchev–Trinajstić information content (AvgIpc) is 2.81. The summed E-state index contributed by atoms with van der Waals surface area (Å²) in [6, 6.07) is 4.29. The van der Waals surface area contributed by atoms with Gasteiger partial charge in [0.2, 0.25) is 0 Å². The maximum Gasteiger partial charge on any atom is 0.127 e. The van der Waals surface area contributed by atoms with Gasteiger partial charge in [0.25, 0.3) is 0 Å². The molecule has 1 saturated heterocycles. The molecule has 0 amide bonds. The molecular formula is C12H16O2. The highest BCUT2D eigenvalue weighted by molar-refractivity contribution is 5.46. The number of benzene rings is 1. The normalized spacial score (nSPS) is 24.9. The molecule has 2 heteroatoms. The van der Waals surface area contributed by atoms with Gasteiger partial charge in [-0.15, -0.1) is 0 Å². The van der Waals surface area contributed by atoms with E-state index in [1.54, 1.807) is 7.11 Å². The monoisotopic (exact) mass is 192 g/mol. The van der Waals surface area contributed by atoms with Crippen LogP contribution < -0.4 is 4.74 Å². The van der Waals surface area contributed by atoms with E-state index in [1.165, 1.54) is 16.7 Å². The van der Waals surface area contributed by atoms with Gasteiger partial charge in [-0.05, 0) is 32.4 Å². The first-order chi connectivity index (χ1) is 6.63. The van der Waals surface area contributed by atoms with Gasteiger partial charge in [0.1, 0.15) is 11.9 Å². The third-order valence-corrected chi connectivity index (χ3v) is 2.67. The zero-order valence-electron chi connectivity index (χ0n) is 9.13. The van der Waals surface area contributed by atoms with Gasteiger partial charge in [-0.1, -0.05) is 11.6 Å². The van der Waals surface area contributed by atoms with Crippen LogP contribution in [-0.4, -0.2) is 13.2 Å². The summed E-state index contributed by atoms with van der Waals surface area (Å²) in [4.78, 5) is 0. The molecule has 1 aliphatic heterocycles. The van der Waals surface area contributed by atoms with Crippen molar-refractivity contribution in [3.8, 4) is 5.75 Å². The van der Waals surface area contributed by atoms with Crippen LogP contribution in [0.1, 0.15) is 29.7 Å². The second-order valence-electron chi connectivity index (χ2n) is 3.97. The van der Waals surface area contributed by atoms with Crippen molar-refractivity contribution < 1.29 is 9.47 Å². The summed E-state index contributed by atoms with van der Waals surface area (Å²) in [6.07, 6.45) is 0.577. The van der Waals surface area contributed by atoms with Crippen molar-refractivity contribution in [3.63, 3.8) is 0 Å². The second-order valence-corrected chi connectivity index (χ2v) is 3.97. The molecule has 76 valence electrons. The molecule has 14 heavy (non-hydrogen) atoms. The molecule has 0 aliphatic carbocycles. The van der Waals surface area contributed by atoms with Crippen LogP contribution in [0.15, 0.2) is 12.1 Å². The van der Waals surface area contributed by atoms with Crippen LogP contribution in [0.3, 0.4) is 0 Å². The fraction of sp³-hybridized carbons (Fsp3) is 0.500. The Bertz CT molecular complexity index is 358. The number of hydrogen-bond acceptors (Lipinski definition) is 2. The van der Waals surface area contributed by atoms with Crippen LogP contribution in [0.25, 0.3) is 0 Å². The van der Waals surface area contributed by atoms with Gasteiger partial charge in [0, 0.05) is 5.56 Å². The van der Waals surface area contributed by atoms with E-state index in [2.05, 4.69) is 32.9 Å². The smallest absolute Gasteiger partial charge is 0.127 e. The molecule has 0 spiro atoms. The minimum absolute atomic E-state index is 0.239. The predicted octanol–water partition coefficient (Wildman–Crippen LogP) is 2.77. The van der Waals surface area contributed by atoms with Crippen LogP contribution in [-0.2, 0) is 4.74 Å². The first-order valence-electron chi connectivity index (χ1n) is 4.94. The topological polar surface area (TPSA) is 21.8 Å². The minimum Gasteiger partial charge on any atom is -0.496 e. The summed E-state index contributed by atoms with van der Waals surface area (Å²) in [7, 11) is 1.72. The third-order valence-electron chi connectivity index (χ3n) is 2.67. The summed E-state index contributed by atoms with van der Waals surface area (Å²) in [5.74, 6) is 0.977. The van der Waals surface area contributed by atoms with Crippen molar-refractivity contribution in [2.45, 2.75) is 33.0 Å². The van der Waals surface area contributed by atoms with Gasteiger partial charge in [0.15, 0.2) is 0 Å². The molecule has 2 nitrogen and oxygen atoms in total. The van der Waals surface area contributed by atoms with Gasteiger partial charge in [-0.3, -0.25) is 0 Å². The van der Waals surface area contributed by atoms with Gasteiger partial charge in [0.05, 0.1) is 13.2 Å². The number of hydrogen-bond donors (Lipinski definition) is 0. The van der Waals surface area contributed by atoms with Crippen molar-refractivity contribution in [2.75, 3.05) is 7.11 Å². The molecule has 1 heterocycles. The van der Waals surface area contributed by atoms with Crippen LogP contribution >= 0.6 is 0 Å². The molecule has 0 saturated carbocycles. The number of rotatable bonds is 2. The van der Waals surface area contributed by atoms with Crippen LogP contribution in [0.4, 0.5) is 0 Å². The van der Waals surface area contributed by atoms with Gasteiger partial charge >= 0.3 is 0 Å². The van der Waals surface area contributed by atoms with Crippen molar-refractivity contribution >= 4 is 0 Å².